The standard InChI is InChI=1S/C16H19F2NO2/c1-2-16(20)19-12-7-5-11-6-8-14(13(11)10-12)21-9-3-4-15(17)18/h2,5,7,10,14-15H,1,3-4,6,8-9H2,(H,19,20). The number of fused-ring (bicyclic) bond motifs is 1. The van der Waals surface area contributed by atoms with Gasteiger partial charge in [0.15, 0.2) is 0 Å². The zero-order valence-electron chi connectivity index (χ0n) is 11.8. The lowest BCUT2D eigenvalue weighted by Crippen LogP contribution is -2.08. The van der Waals surface area contributed by atoms with Gasteiger partial charge in [0.05, 0.1) is 6.10 Å². The second kappa shape index (κ2) is 7.31. The lowest BCUT2D eigenvalue weighted by molar-refractivity contribution is -0.111. The number of hydrogen-bond acceptors (Lipinski definition) is 2. The Labute approximate surface area is 123 Å². The highest BCUT2D eigenvalue weighted by Crippen LogP contribution is 2.35. The van der Waals surface area contributed by atoms with Crippen molar-refractivity contribution >= 4 is 11.6 Å². The second-order valence-corrected chi connectivity index (χ2v) is 5.04. The highest BCUT2D eigenvalue weighted by molar-refractivity contribution is 5.98. The summed E-state index contributed by atoms with van der Waals surface area (Å²) >= 11 is 0. The number of rotatable bonds is 7. The van der Waals surface area contributed by atoms with Gasteiger partial charge in [-0.3, -0.25) is 4.79 Å². The van der Waals surface area contributed by atoms with E-state index in [0.717, 1.165) is 18.4 Å². The molecule has 0 aromatic heterocycles. The van der Waals surface area contributed by atoms with Crippen molar-refractivity contribution < 1.29 is 18.3 Å². The van der Waals surface area contributed by atoms with Crippen LogP contribution in [0.2, 0.25) is 0 Å². The summed E-state index contributed by atoms with van der Waals surface area (Å²) in [5.74, 6) is -0.262. The number of ether oxygens (including phenoxy) is 1. The second-order valence-electron chi connectivity index (χ2n) is 5.04. The summed E-state index contributed by atoms with van der Waals surface area (Å²) in [4.78, 5) is 11.3. The molecule has 1 aromatic carbocycles. The fourth-order valence-corrected chi connectivity index (χ4v) is 2.47. The van der Waals surface area contributed by atoms with Crippen LogP contribution in [0.25, 0.3) is 0 Å². The number of hydrogen-bond donors (Lipinski definition) is 1. The van der Waals surface area contributed by atoms with E-state index in [9.17, 15) is 13.6 Å². The summed E-state index contributed by atoms with van der Waals surface area (Å²) < 4.78 is 29.9. The molecular weight excluding hydrogens is 276 g/mol. The van der Waals surface area contributed by atoms with Gasteiger partial charge in [-0.1, -0.05) is 12.6 Å². The summed E-state index contributed by atoms with van der Waals surface area (Å²) in [5, 5.41) is 2.71. The van der Waals surface area contributed by atoms with Crippen LogP contribution in [0.3, 0.4) is 0 Å². The minimum atomic E-state index is -2.27. The molecule has 0 fully saturated rings. The number of amides is 1. The number of carbonyl (C=O) groups excluding carboxylic acids is 1. The molecule has 114 valence electrons. The monoisotopic (exact) mass is 295 g/mol. The van der Waals surface area contributed by atoms with Crippen LogP contribution < -0.4 is 5.32 Å². The lowest BCUT2D eigenvalue weighted by Gasteiger charge is -2.14. The average Bonchev–Trinajstić information content (AvgIpc) is 2.86. The Morgan fingerprint density at radius 3 is 3.05 bits per heavy atom. The molecule has 0 radical (unpaired) electrons. The molecule has 3 nitrogen and oxygen atoms in total. The molecule has 0 spiro atoms. The average molecular weight is 295 g/mol. The third-order valence-corrected chi connectivity index (χ3v) is 3.51. The molecule has 5 heteroatoms. The Balaban J connectivity index is 1.95. The number of benzene rings is 1. The minimum absolute atomic E-state index is 0.0711. The molecule has 21 heavy (non-hydrogen) atoms. The van der Waals surface area contributed by atoms with Crippen LogP contribution in [-0.2, 0) is 16.0 Å². The number of carbonyl (C=O) groups is 1. The summed E-state index contributed by atoms with van der Waals surface area (Å²) in [6, 6.07) is 5.71. The smallest absolute Gasteiger partial charge is 0.247 e. The predicted octanol–water partition coefficient (Wildman–Crippen LogP) is 3.86. The Bertz CT molecular complexity index is 517. The first-order valence-electron chi connectivity index (χ1n) is 7.06. The predicted molar refractivity (Wildman–Crippen MR) is 77.5 cm³/mol. The molecular formula is C16H19F2NO2. The molecule has 0 heterocycles. The van der Waals surface area contributed by atoms with Crippen molar-refractivity contribution in [3.05, 3.63) is 42.0 Å². The molecule has 1 aliphatic rings. The molecule has 0 aliphatic heterocycles. The molecule has 1 atom stereocenters. The quantitative estimate of drug-likeness (QED) is 0.612. The van der Waals surface area contributed by atoms with Gasteiger partial charge in [0.1, 0.15) is 0 Å². The van der Waals surface area contributed by atoms with Crippen molar-refractivity contribution in [1.82, 2.24) is 0 Å². The Morgan fingerprint density at radius 2 is 2.33 bits per heavy atom. The highest BCUT2D eigenvalue weighted by atomic mass is 19.3. The van der Waals surface area contributed by atoms with Gasteiger partial charge >= 0.3 is 0 Å². The number of nitrogens with one attached hydrogen (secondary N) is 1. The van der Waals surface area contributed by atoms with Gasteiger partial charge in [-0.2, -0.15) is 0 Å². The first-order chi connectivity index (χ1) is 10.1. The van der Waals surface area contributed by atoms with E-state index in [-0.39, 0.29) is 18.4 Å². The van der Waals surface area contributed by atoms with E-state index < -0.39 is 6.43 Å². The van der Waals surface area contributed by atoms with Crippen LogP contribution in [0.5, 0.6) is 0 Å². The number of halogens is 2. The van der Waals surface area contributed by atoms with Gasteiger partial charge < -0.3 is 10.1 Å². The van der Waals surface area contributed by atoms with Crippen molar-refractivity contribution in [2.45, 2.75) is 38.2 Å². The van der Waals surface area contributed by atoms with Gasteiger partial charge in [-0.25, -0.2) is 8.78 Å². The molecule has 1 N–H and O–H groups in total. The van der Waals surface area contributed by atoms with Gasteiger partial charge in [0, 0.05) is 18.7 Å². The Kier molecular flexibility index (Phi) is 5.44. The fourth-order valence-electron chi connectivity index (χ4n) is 2.47. The maximum Gasteiger partial charge on any atom is 0.247 e. The Hall–Kier alpha value is -1.75. The number of alkyl halides is 2. The third-order valence-electron chi connectivity index (χ3n) is 3.51. The van der Waals surface area contributed by atoms with E-state index in [1.54, 1.807) is 0 Å². The molecule has 0 bridgehead atoms. The van der Waals surface area contributed by atoms with Crippen LogP contribution in [0, 0.1) is 0 Å². The highest BCUT2D eigenvalue weighted by Gasteiger charge is 2.23. The summed E-state index contributed by atoms with van der Waals surface area (Å²) in [5.41, 5.74) is 2.92. The van der Waals surface area contributed by atoms with Crippen LogP contribution in [0.15, 0.2) is 30.9 Å². The minimum Gasteiger partial charge on any atom is -0.374 e. The summed E-state index contributed by atoms with van der Waals surface area (Å²) in [7, 11) is 0. The number of aryl methyl sites for hydroxylation is 1. The molecule has 1 unspecified atom stereocenters. The zero-order valence-corrected chi connectivity index (χ0v) is 11.8. The van der Waals surface area contributed by atoms with Crippen molar-refractivity contribution in [2.24, 2.45) is 0 Å². The van der Waals surface area contributed by atoms with Crippen molar-refractivity contribution in [3.63, 3.8) is 0 Å². The van der Waals surface area contributed by atoms with Gasteiger partial charge in [-0.05, 0) is 48.6 Å². The SMILES string of the molecule is C=CC(=O)Nc1ccc2c(c1)C(OCCCC(F)F)CC2. The van der Waals surface area contributed by atoms with E-state index >= 15 is 0 Å². The fraction of sp³-hybridized carbons (Fsp3) is 0.438. The van der Waals surface area contributed by atoms with Gasteiger partial charge in [-0.15, -0.1) is 0 Å². The summed E-state index contributed by atoms with van der Waals surface area (Å²) in [6.07, 6.45) is 0.855. The van der Waals surface area contributed by atoms with E-state index in [0.29, 0.717) is 18.7 Å². The summed E-state index contributed by atoms with van der Waals surface area (Å²) in [6.45, 7) is 3.74. The van der Waals surface area contributed by atoms with Crippen LogP contribution in [-0.4, -0.2) is 18.9 Å². The van der Waals surface area contributed by atoms with E-state index in [1.807, 2.05) is 18.2 Å². The topological polar surface area (TPSA) is 38.3 Å². The first kappa shape index (κ1) is 15.6. The molecule has 1 amide bonds. The molecule has 0 saturated carbocycles. The van der Waals surface area contributed by atoms with E-state index in [2.05, 4.69) is 11.9 Å². The van der Waals surface area contributed by atoms with Crippen molar-refractivity contribution in [3.8, 4) is 0 Å². The van der Waals surface area contributed by atoms with Crippen LogP contribution in [0.1, 0.15) is 36.5 Å². The van der Waals surface area contributed by atoms with Crippen molar-refractivity contribution in [2.75, 3.05) is 11.9 Å². The van der Waals surface area contributed by atoms with Crippen LogP contribution >= 0.6 is 0 Å². The molecule has 2 rings (SSSR count). The lowest BCUT2D eigenvalue weighted by atomic mass is 10.1. The normalized spacial score (nSPS) is 16.8. The zero-order chi connectivity index (χ0) is 15.2. The first-order valence-corrected chi connectivity index (χ1v) is 7.06. The maximum absolute atomic E-state index is 12.1. The van der Waals surface area contributed by atoms with E-state index in [4.69, 9.17) is 4.74 Å². The maximum atomic E-state index is 12.1. The largest absolute Gasteiger partial charge is 0.374 e. The van der Waals surface area contributed by atoms with Crippen molar-refractivity contribution in [1.29, 1.82) is 0 Å². The van der Waals surface area contributed by atoms with Crippen LogP contribution in [0.4, 0.5) is 14.5 Å². The Morgan fingerprint density at radius 1 is 1.52 bits per heavy atom. The molecule has 1 aromatic rings. The number of anilines is 1. The molecule has 1 aliphatic carbocycles. The van der Waals surface area contributed by atoms with E-state index in [1.165, 1.54) is 11.6 Å². The molecule has 0 saturated heterocycles. The third kappa shape index (κ3) is 4.36. The van der Waals surface area contributed by atoms with Gasteiger partial charge in [0.25, 0.3) is 0 Å². The van der Waals surface area contributed by atoms with Gasteiger partial charge in [0.2, 0.25) is 12.3 Å².